The maximum absolute atomic E-state index is 5.77. The Morgan fingerprint density at radius 2 is 2.35 bits per heavy atom. The van der Waals surface area contributed by atoms with Gasteiger partial charge in [-0.05, 0) is 11.1 Å². The predicted octanol–water partition coefficient (Wildman–Crippen LogP) is 2.13. The molecule has 0 amide bonds. The van der Waals surface area contributed by atoms with E-state index in [1.54, 1.807) is 11.3 Å². The Hall–Kier alpha value is -1.39. The van der Waals surface area contributed by atoms with Crippen molar-refractivity contribution in [3.8, 4) is 5.75 Å². The monoisotopic (exact) mass is 246 g/mol. The molecule has 2 heterocycles. The summed E-state index contributed by atoms with van der Waals surface area (Å²) in [7, 11) is 0. The Labute approximate surface area is 104 Å². The van der Waals surface area contributed by atoms with Crippen molar-refractivity contribution < 1.29 is 4.74 Å². The normalized spacial score (nSPS) is 13.5. The van der Waals surface area contributed by atoms with Crippen LogP contribution in [0.3, 0.4) is 0 Å². The first kappa shape index (κ1) is 10.7. The van der Waals surface area contributed by atoms with E-state index in [0.717, 1.165) is 35.8 Å². The molecule has 88 valence electrons. The molecule has 1 aliphatic rings. The SMILES string of the molecule is NCc1cc(Cc2nccs2)cc2c1OCC2. The summed E-state index contributed by atoms with van der Waals surface area (Å²) < 4.78 is 5.62. The second-order valence-electron chi connectivity index (χ2n) is 4.15. The number of hydrogen-bond donors (Lipinski definition) is 1. The van der Waals surface area contributed by atoms with E-state index in [4.69, 9.17) is 10.5 Å². The van der Waals surface area contributed by atoms with E-state index in [2.05, 4.69) is 17.1 Å². The second-order valence-corrected chi connectivity index (χ2v) is 5.13. The van der Waals surface area contributed by atoms with Gasteiger partial charge >= 0.3 is 0 Å². The van der Waals surface area contributed by atoms with Gasteiger partial charge in [-0.1, -0.05) is 12.1 Å². The third kappa shape index (κ3) is 2.06. The molecule has 0 bridgehead atoms. The maximum Gasteiger partial charge on any atom is 0.127 e. The van der Waals surface area contributed by atoms with Crippen molar-refractivity contribution in [1.29, 1.82) is 0 Å². The number of nitrogens with two attached hydrogens (primary N) is 1. The highest BCUT2D eigenvalue weighted by Gasteiger charge is 2.17. The molecule has 3 nitrogen and oxygen atoms in total. The lowest BCUT2D eigenvalue weighted by Crippen LogP contribution is -2.01. The van der Waals surface area contributed by atoms with Crippen LogP contribution >= 0.6 is 11.3 Å². The lowest BCUT2D eigenvalue weighted by molar-refractivity contribution is 0.353. The number of hydrogen-bond acceptors (Lipinski definition) is 4. The molecule has 3 rings (SSSR count). The Kier molecular flexibility index (Phi) is 2.82. The first-order valence-corrected chi connectivity index (χ1v) is 6.60. The van der Waals surface area contributed by atoms with Crippen LogP contribution in [0.25, 0.3) is 0 Å². The van der Waals surface area contributed by atoms with Gasteiger partial charge in [-0.3, -0.25) is 0 Å². The van der Waals surface area contributed by atoms with E-state index in [-0.39, 0.29) is 0 Å². The molecule has 0 saturated carbocycles. The van der Waals surface area contributed by atoms with Gasteiger partial charge in [0.2, 0.25) is 0 Å². The van der Waals surface area contributed by atoms with Gasteiger partial charge in [0.15, 0.2) is 0 Å². The van der Waals surface area contributed by atoms with Gasteiger partial charge < -0.3 is 10.5 Å². The topological polar surface area (TPSA) is 48.1 Å². The van der Waals surface area contributed by atoms with Gasteiger partial charge in [0.25, 0.3) is 0 Å². The molecule has 4 heteroatoms. The Morgan fingerprint density at radius 1 is 1.41 bits per heavy atom. The average molecular weight is 246 g/mol. The van der Waals surface area contributed by atoms with Crippen LogP contribution in [0.4, 0.5) is 0 Å². The molecular weight excluding hydrogens is 232 g/mol. The van der Waals surface area contributed by atoms with Crippen LogP contribution in [0.1, 0.15) is 21.7 Å². The summed E-state index contributed by atoms with van der Waals surface area (Å²) in [5.74, 6) is 1.01. The van der Waals surface area contributed by atoms with E-state index < -0.39 is 0 Å². The quantitative estimate of drug-likeness (QED) is 0.902. The van der Waals surface area contributed by atoms with Crippen LogP contribution in [0.15, 0.2) is 23.7 Å². The average Bonchev–Trinajstić information content (AvgIpc) is 2.98. The van der Waals surface area contributed by atoms with Gasteiger partial charge in [-0.15, -0.1) is 11.3 Å². The third-order valence-corrected chi connectivity index (χ3v) is 3.76. The maximum atomic E-state index is 5.77. The molecule has 0 spiro atoms. The number of fused-ring (bicyclic) bond motifs is 1. The zero-order valence-corrected chi connectivity index (χ0v) is 10.3. The molecule has 0 unspecified atom stereocenters. The second kappa shape index (κ2) is 4.47. The Bertz CT molecular complexity index is 522. The lowest BCUT2D eigenvalue weighted by atomic mass is 10.0. The molecule has 17 heavy (non-hydrogen) atoms. The number of nitrogens with zero attached hydrogens (tertiary/aromatic N) is 1. The molecule has 2 aromatic rings. The van der Waals surface area contributed by atoms with Gasteiger partial charge in [-0.25, -0.2) is 4.98 Å². The van der Waals surface area contributed by atoms with E-state index in [1.165, 1.54) is 11.1 Å². The standard InChI is InChI=1S/C13H14N2OS/c14-8-11-6-9(7-12-15-2-4-17-12)5-10-1-3-16-13(10)11/h2,4-6H,1,3,7-8,14H2. The van der Waals surface area contributed by atoms with Gasteiger partial charge in [0.1, 0.15) is 5.75 Å². The number of thiazole rings is 1. The number of ether oxygens (including phenoxy) is 1. The van der Waals surface area contributed by atoms with E-state index in [0.29, 0.717) is 6.54 Å². The van der Waals surface area contributed by atoms with Gasteiger partial charge in [-0.2, -0.15) is 0 Å². The van der Waals surface area contributed by atoms with Crippen molar-refractivity contribution in [2.75, 3.05) is 6.61 Å². The zero-order valence-electron chi connectivity index (χ0n) is 9.48. The lowest BCUT2D eigenvalue weighted by Gasteiger charge is -2.08. The third-order valence-electron chi connectivity index (χ3n) is 2.98. The van der Waals surface area contributed by atoms with Crippen LogP contribution in [0.5, 0.6) is 5.75 Å². The minimum Gasteiger partial charge on any atom is -0.493 e. The van der Waals surface area contributed by atoms with Crippen molar-refractivity contribution in [3.05, 3.63) is 45.4 Å². The number of aromatic nitrogens is 1. The zero-order chi connectivity index (χ0) is 11.7. The summed E-state index contributed by atoms with van der Waals surface area (Å²) in [6.45, 7) is 1.32. The first-order valence-electron chi connectivity index (χ1n) is 5.72. The van der Waals surface area contributed by atoms with Crippen LogP contribution < -0.4 is 10.5 Å². The number of rotatable bonds is 3. The highest BCUT2D eigenvalue weighted by atomic mass is 32.1. The fraction of sp³-hybridized carbons (Fsp3) is 0.308. The molecule has 0 radical (unpaired) electrons. The molecule has 0 aliphatic carbocycles. The van der Waals surface area contributed by atoms with Crippen molar-refractivity contribution in [1.82, 2.24) is 4.98 Å². The van der Waals surface area contributed by atoms with Gasteiger partial charge in [0, 0.05) is 36.5 Å². The van der Waals surface area contributed by atoms with E-state index in [1.807, 2.05) is 11.6 Å². The smallest absolute Gasteiger partial charge is 0.127 e. The largest absolute Gasteiger partial charge is 0.493 e. The number of benzene rings is 1. The molecule has 0 fully saturated rings. The van der Waals surface area contributed by atoms with E-state index in [9.17, 15) is 0 Å². The molecule has 0 saturated heterocycles. The summed E-state index contributed by atoms with van der Waals surface area (Å²) >= 11 is 1.69. The van der Waals surface area contributed by atoms with Crippen molar-refractivity contribution >= 4 is 11.3 Å². The summed E-state index contributed by atoms with van der Waals surface area (Å²) in [6, 6.07) is 4.37. The molecule has 1 aromatic carbocycles. The predicted molar refractivity (Wildman–Crippen MR) is 68.5 cm³/mol. The fourth-order valence-electron chi connectivity index (χ4n) is 2.23. The Balaban J connectivity index is 1.95. The summed E-state index contributed by atoms with van der Waals surface area (Å²) in [5.41, 5.74) is 9.46. The summed E-state index contributed by atoms with van der Waals surface area (Å²) in [6.07, 6.45) is 3.73. The molecule has 2 N–H and O–H groups in total. The van der Waals surface area contributed by atoms with Crippen LogP contribution in [-0.4, -0.2) is 11.6 Å². The molecule has 1 aromatic heterocycles. The fourth-order valence-corrected chi connectivity index (χ4v) is 2.88. The summed E-state index contributed by atoms with van der Waals surface area (Å²) in [5, 5.41) is 3.15. The van der Waals surface area contributed by atoms with Crippen LogP contribution in [0.2, 0.25) is 0 Å². The van der Waals surface area contributed by atoms with Gasteiger partial charge in [0.05, 0.1) is 11.6 Å². The minimum absolute atomic E-state index is 0.536. The van der Waals surface area contributed by atoms with Crippen molar-refractivity contribution in [2.45, 2.75) is 19.4 Å². The van der Waals surface area contributed by atoms with E-state index >= 15 is 0 Å². The summed E-state index contributed by atoms with van der Waals surface area (Å²) in [4.78, 5) is 4.32. The van der Waals surface area contributed by atoms with Crippen molar-refractivity contribution in [2.24, 2.45) is 5.73 Å². The molecular formula is C13H14N2OS. The van der Waals surface area contributed by atoms with Crippen LogP contribution in [-0.2, 0) is 19.4 Å². The molecule has 0 atom stereocenters. The highest BCUT2D eigenvalue weighted by molar-refractivity contribution is 7.09. The van der Waals surface area contributed by atoms with Crippen molar-refractivity contribution in [3.63, 3.8) is 0 Å². The Morgan fingerprint density at radius 3 is 3.12 bits per heavy atom. The highest BCUT2D eigenvalue weighted by Crippen LogP contribution is 2.31. The van der Waals surface area contributed by atoms with Crippen LogP contribution in [0, 0.1) is 0 Å². The molecule has 1 aliphatic heterocycles. The first-order chi connectivity index (χ1) is 8.36. The minimum atomic E-state index is 0.536.